The van der Waals surface area contributed by atoms with E-state index in [0.717, 1.165) is 28.8 Å². The first-order valence-corrected chi connectivity index (χ1v) is 9.90. The lowest BCUT2D eigenvalue weighted by Gasteiger charge is -2.07. The Bertz CT molecular complexity index is 1420. The Balaban J connectivity index is 1.68. The fourth-order valence-corrected chi connectivity index (χ4v) is 3.65. The average molecular weight is 396 g/mol. The zero-order valence-electron chi connectivity index (χ0n) is 16.8. The zero-order valence-corrected chi connectivity index (χ0v) is 16.8. The van der Waals surface area contributed by atoms with Gasteiger partial charge in [0.2, 0.25) is 0 Å². The molecule has 2 aromatic carbocycles. The Morgan fingerprint density at radius 2 is 1.70 bits per heavy atom. The van der Waals surface area contributed by atoms with E-state index >= 15 is 0 Å². The van der Waals surface area contributed by atoms with Crippen LogP contribution in [0.1, 0.15) is 23.7 Å². The smallest absolute Gasteiger partial charge is 0.283 e. The van der Waals surface area contributed by atoms with Crippen molar-refractivity contribution in [3.63, 3.8) is 0 Å². The number of aryl methyl sites for hydroxylation is 2. The molecular weight excluding hydrogens is 376 g/mol. The number of aromatic nitrogens is 6. The third-order valence-electron chi connectivity index (χ3n) is 5.24. The van der Waals surface area contributed by atoms with Gasteiger partial charge in [-0.3, -0.25) is 9.36 Å². The Morgan fingerprint density at radius 3 is 2.43 bits per heavy atom. The lowest BCUT2D eigenvalue weighted by molar-refractivity contribution is 0.736. The van der Waals surface area contributed by atoms with Gasteiger partial charge in [-0.25, -0.2) is 4.98 Å². The molecule has 30 heavy (non-hydrogen) atoms. The largest absolute Gasteiger partial charge is 0.293 e. The van der Waals surface area contributed by atoms with Gasteiger partial charge in [-0.1, -0.05) is 67.1 Å². The Morgan fingerprint density at radius 1 is 0.933 bits per heavy atom. The van der Waals surface area contributed by atoms with Crippen LogP contribution in [0.3, 0.4) is 0 Å². The fraction of sp³-hybridized carbons (Fsp3) is 0.174. The molecule has 0 bridgehead atoms. The molecule has 0 aliphatic heterocycles. The molecule has 148 valence electrons. The molecule has 5 rings (SSSR count). The van der Waals surface area contributed by atoms with Gasteiger partial charge in [-0.05, 0) is 24.5 Å². The molecule has 0 spiro atoms. The van der Waals surface area contributed by atoms with E-state index in [9.17, 15) is 4.79 Å². The summed E-state index contributed by atoms with van der Waals surface area (Å²) in [7, 11) is 0. The minimum atomic E-state index is -0.232. The number of benzene rings is 2. The Hall–Kier alpha value is -3.87. The van der Waals surface area contributed by atoms with Crippen LogP contribution < -0.4 is 5.56 Å². The maximum absolute atomic E-state index is 13.1. The van der Waals surface area contributed by atoms with Crippen LogP contribution in [-0.2, 0) is 13.0 Å². The van der Waals surface area contributed by atoms with Crippen LogP contribution in [0, 0.1) is 6.92 Å². The second-order valence-electron chi connectivity index (χ2n) is 7.31. The van der Waals surface area contributed by atoms with E-state index in [1.165, 1.54) is 5.56 Å². The number of fused-ring (bicyclic) bond motifs is 3. The van der Waals surface area contributed by atoms with E-state index in [-0.39, 0.29) is 11.1 Å². The summed E-state index contributed by atoms with van der Waals surface area (Å²) in [6, 6.07) is 18.0. The molecule has 0 aliphatic rings. The third-order valence-corrected chi connectivity index (χ3v) is 5.24. The molecule has 0 atom stereocenters. The summed E-state index contributed by atoms with van der Waals surface area (Å²) in [4.78, 5) is 17.6. The first kappa shape index (κ1) is 18.2. The second-order valence-corrected chi connectivity index (χ2v) is 7.31. The molecule has 3 heterocycles. The summed E-state index contributed by atoms with van der Waals surface area (Å²) >= 11 is 0. The lowest BCUT2D eigenvalue weighted by Crippen LogP contribution is -2.23. The number of nitrogens with zero attached hydrogens (tertiary/aromatic N) is 6. The second kappa shape index (κ2) is 7.18. The molecule has 0 unspecified atom stereocenters. The van der Waals surface area contributed by atoms with Crippen LogP contribution in [0.25, 0.3) is 27.9 Å². The van der Waals surface area contributed by atoms with Gasteiger partial charge in [-0.2, -0.15) is 9.61 Å². The van der Waals surface area contributed by atoms with Crippen molar-refractivity contribution in [2.75, 3.05) is 0 Å². The lowest BCUT2D eigenvalue weighted by atomic mass is 10.0. The summed E-state index contributed by atoms with van der Waals surface area (Å²) in [5.41, 5.74) is 6.05. The molecule has 0 N–H and O–H groups in total. The Labute approximate surface area is 172 Å². The third kappa shape index (κ3) is 2.95. The van der Waals surface area contributed by atoms with E-state index < -0.39 is 0 Å². The molecule has 7 nitrogen and oxygen atoms in total. The first-order chi connectivity index (χ1) is 14.7. The molecule has 3 aromatic heterocycles. The predicted octanol–water partition coefficient (Wildman–Crippen LogP) is 3.42. The molecule has 5 aromatic rings. The molecule has 0 radical (unpaired) electrons. The quantitative estimate of drug-likeness (QED) is 0.465. The van der Waals surface area contributed by atoms with Crippen molar-refractivity contribution in [3.05, 3.63) is 88.1 Å². The van der Waals surface area contributed by atoms with Crippen LogP contribution in [0.15, 0.2) is 65.7 Å². The van der Waals surface area contributed by atoms with Crippen LogP contribution in [0.4, 0.5) is 0 Å². The van der Waals surface area contributed by atoms with Gasteiger partial charge in [0.15, 0.2) is 16.8 Å². The van der Waals surface area contributed by atoms with Gasteiger partial charge in [0, 0.05) is 0 Å². The van der Waals surface area contributed by atoms with E-state index in [1.54, 1.807) is 15.4 Å². The van der Waals surface area contributed by atoms with Crippen molar-refractivity contribution >= 4 is 16.8 Å². The minimum absolute atomic E-state index is 0.210. The predicted molar refractivity (Wildman–Crippen MR) is 115 cm³/mol. The summed E-state index contributed by atoms with van der Waals surface area (Å²) in [5, 5.41) is 13.3. The molecule has 0 saturated carbocycles. The maximum Gasteiger partial charge on any atom is 0.283 e. The highest BCUT2D eigenvalue weighted by Crippen LogP contribution is 2.28. The summed E-state index contributed by atoms with van der Waals surface area (Å²) in [5.74, 6) is 0. The van der Waals surface area contributed by atoms with Crippen molar-refractivity contribution < 1.29 is 0 Å². The van der Waals surface area contributed by atoms with Gasteiger partial charge in [-0.15, -0.1) is 10.2 Å². The van der Waals surface area contributed by atoms with Crippen molar-refractivity contribution in [3.8, 4) is 11.1 Å². The summed E-state index contributed by atoms with van der Waals surface area (Å²) in [6.45, 7) is 4.51. The first-order valence-electron chi connectivity index (χ1n) is 9.90. The topological polar surface area (TPSA) is 78.0 Å². The number of rotatable bonds is 4. The molecule has 0 fully saturated rings. The van der Waals surface area contributed by atoms with E-state index in [1.807, 2.05) is 68.4 Å². The highest BCUT2D eigenvalue weighted by atomic mass is 16.1. The average Bonchev–Trinajstić information content (AvgIpc) is 3.17. The number of hydrogen-bond donors (Lipinski definition) is 0. The normalized spacial score (nSPS) is 11.4. The highest BCUT2D eigenvalue weighted by Gasteiger charge is 2.19. The van der Waals surface area contributed by atoms with Gasteiger partial charge in [0.25, 0.3) is 5.56 Å². The SMILES string of the molecule is CCc1nn2c(nnc3c(=O)n(Cc4ccc(C)cc4)cnc32)c1-c1ccccc1. The van der Waals surface area contributed by atoms with Gasteiger partial charge in [0.05, 0.1) is 17.8 Å². The van der Waals surface area contributed by atoms with Crippen molar-refractivity contribution in [2.24, 2.45) is 0 Å². The zero-order chi connectivity index (χ0) is 20.7. The van der Waals surface area contributed by atoms with Gasteiger partial charge >= 0.3 is 0 Å². The molecule has 0 amide bonds. The summed E-state index contributed by atoms with van der Waals surface area (Å²) < 4.78 is 3.19. The van der Waals surface area contributed by atoms with Crippen LogP contribution >= 0.6 is 0 Å². The molecule has 7 heteroatoms. The van der Waals surface area contributed by atoms with Crippen molar-refractivity contribution in [1.82, 2.24) is 29.4 Å². The molecule has 0 saturated heterocycles. The molecular formula is C23H20N6O. The Kier molecular flexibility index (Phi) is 4.35. The standard InChI is InChI=1S/C23H20N6O/c1-3-18-19(17-7-5-4-6-8-17)21-26-25-20-22(29(21)27-18)24-14-28(23(20)30)13-16-11-9-15(2)10-12-16/h4-12,14H,3,13H2,1-2H3. The van der Waals surface area contributed by atoms with Crippen molar-refractivity contribution in [2.45, 2.75) is 26.8 Å². The van der Waals surface area contributed by atoms with E-state index in [2.05, 4.69) is 15.2 Å². The summed E-state index contributed by atoms with van der Waals surface area (Å²) in [6.07, 6.45) is 2.29. The minimum Gasteiger partial charge on any atom is -0.293 e. The van der Waals surface area contributed by atoms with Crippen LogP contribution in [0.2, 0.25) is 0 Å². The highest BCUT2D eigenvalue weighted by molar-refractivity contribution is 5.83. The van der Waals surface area contributed by atoms with E-state index in [0.29, 0.717) is 17.8 Å². The number of hydrogen-bond acceptors (Lipinski definition) is 5. The fourth-order valence-electron chi connectivity index (χ4n) is 3.65. The van der Waals surface area contributed by atoms with Gasteiger partial charge < -0.3 is 0 Å². The molecule has 0 aliphatic carbocycles. The monoisotopic (exact) mass is 396 g/mol. The van der Waals surface area contributed by atoms with Crippen LogP contribution in [0.5, 0.6) is 0 Å². The van der Waals surface area contributed by atoms with E-state index in [4.69, 9.17) is 5.10 Å². The maximum atomic E-state index is 13.1. The van der Waals surface area contributed by atoms with Crippen molar-refractivity contribution in [1.29, 1.82) is 0 Å². The van der Waals surface area contributed by atoms with Gasteiger partial charge in [0.1, 0.15) is 6.33 Å². The van der Waals surface area contributed by atoms with Crippen LogP contribution in [-0.4, -0.2) is 29.4 Å².